The minimum absolute atomic E-state index is 0.0202. The van der Waals surface area contributed by atoms with Gasteiger partial charge < -0.3 is 9.64 Å². The molecule has 5 rings (SSSR count). The fraction of sp³-hybridized carbons (Fsp3) is 0.154. The third-order valence-corrected chi connectivity index (χ3v) is 6.37. The summed E-state index contributed by atoms with van der Waals surface area (Å²) in [4.78, 5) is 15.4. The molecule has 1 atom stereocenters. The highest BCUT2D eigenvalue weighted by molar-refractivity contribution is 9.10. The number of ether oxygens (including phenoxy) is 1. The van der Waals surface area contributed by atoms with E-state index in [1.54, 1.807) is 7.11 Å². The minimum atomic E-state index is -0.206. The molecule has 1 aromatic heterocycles. The van der Waals surface area contributed by atoms with Gasteiger partial charge in [0.15, 0.2) is 0 Å². The second-order valence-corrected chi connectivity index (χ2v) is 8.70. The lowest BCUT2D eigenvalue weighted by Crippen LogP contribution is -2.31. The number of carbonyl (C=O) groups is 1. The SMILES string of the molecule is COc1ccc(CCN2C(=O)c3[nH]nc(-c4ccccc4)c3C2c2cccc(Br)c2)cc1. The second kappa shape index (κ2) is 8.63. The van der Waals surface area contributed by atoms with Gasteiger partial charge in [-0.15, -0.1) is 0 Å². The lowest BCUT2D eigenvalue weighted by molar-refractivity contribution is 0.0746. The lowest BCUT2D eigenvalue weighted by Gasteiger charge is -2.26. The van der Waals surface area contributed by atoms with E-state index in [1.807, 2.05) is 71.6 Å². The molecule has 3 aromatic carbocycles. The number of carbonyl (C=O) groups excluding carboxylic acids is 1. The molecule has 1 amide bonds. The lowest BCUT2D eigenvalue weighted by atomic mass is 9.96. The number of nitrogens with one attached hydrogen (secondary N) is 1. The molecule has 0 fully saturated rings. The molecule has 0 spiro atoms. The van der Waals surface area contributed by atoms with Crippen molar-refractivity contribution in [3.05, 3.63) is 106 Å². The van der Waals surface area contributed by atoms with Gasteiger partial charge in [-0.05, 0) is 41.8 Å². The maximum atomic E-state index is 13.5. The Morgan fingerprint density at radius 2 is 1.81 bits per heavy atom. The highest BCUT2D eigenvalue weighted by atomic mass is 79.9. The molecule has 5 nitrogen and oxygen atoms in total. The van der Waals surface area contributed by atoms with Crippen LogP contribution >= 0.6 is 15.9 Å². The Hall–Kier alpha value is -3.38. The molecule has 32 heavy (non-hydrogen) atoms. The molecule has 1 aliphatic heterocycles. The summed E-state index contributed by atoms with van der Waals surface area (Å²) in [6.07, 6.45) is 0.749. The number of H-pyrrole nitrogens is 1. The van der Waals surface area contributed by atoms with Crippen molar-refractivity contribution < 1.29 is 9.53 Å². The Balaban J connectivity index is 1.53. The number of hydrogen-bond donors (Lipinski definition) is 1. The molecule has 0 saturated carbocycles. The van der Waals surface area contributed by atoms with E-state index < -0.39 is 0 Å². The molecular formula is C26H22BrN3O2. The van der Waals surface area contributed by atoms with E-state index in [0.717, 1.165) is 44.6 Å². The molecule has 0 saturated heterocycles. The molecule has 1 unspecified atom stereocenters. The van der Waals surface area contributed by atoms with Crippen LogP contribution in [-0.2, 0) is 6.42 Å². The number of nitrogens with zero attached hydrogens (tertiary/aromatic N) is 2. The monoisotopic (exact) mass is 487 g/mol. The van der Waals surface area contributed by atoms with Crippen molar-refractivity contribution in [1.29, 1.82) is 0 Å². The van der Waals surface area contributed by atoms with Crippen molar-refractivity contribution in [3.63, 3.8) is 0 Å². The first kappa shape index (κ1) is 20.5. The van der Waals surface area contributed by atoms with E-state index in [9.17, 15) is 4.79 Å². The van der Waals surface area contributed by atoms with Crippen LogP contribution in [0.3, 0.4) is 0 Å². The number of aromatic nitrogens is 2. The predicted molar refractivity (Wildman–Crippen MR) is 128 cm³/mol. The summed E-state index contributed by atoms with van der Waals surface area (Å²) in [5.41, 5.74) is 5.54. The summed E-state index contributed by atoms with van der Waals surface area (Å²) in [5, 5.41) is 7.55. The van der Waals surface area contributed by atoms with E-state index in [2.05, 4.69) is 38.3 Å². The molecule has 1 N–H and O–H groups in total. The van der Waals surface area contributed by atoms with Gasteiger partial charge in [-0.25, -0.2) is 0 Å². The predicted octanol–water partition coefficient (Wildman–Crippen LogP) is 5.64. The summed E-state index contributed by atoms with van der Waals surface area (Å²) in [6.45, 7) is 0.596. The van der Waals surface area contributed by atoms with Crippen LogP contribution in [0.4, 0.5) is 0 Å². The van der Waals surface area contributed by atoms with Crippen LogP contribution in [0.1, 0.15) is 33.2 Å². The third-order valence-electron chi connectivity index (χ3n) is 5.88. The average Bonchev–Trinajstić information content (AvgIpc) is 3.37. The molecule has 160 valence electrons. The molecule has 2 heterocycles. The van der Waals surface area contributed by atoms with Crippen LogP contribution in [-0.4, -0.2) is 34.7 Å². The first-order valence-corrected chi connectivity index (χ1v) is 11.3. The number of fused-ring (bicyclic) bond motifs is 1. The molecule has 1 aliphatic rings. The highest BCUT2D eigenvalue weighted by Gasteiger charge is 2.41. The molecular weight excluding hydrogens is 466 g/mol. The molecule has 6 heteroatoms. The van der Waals surface area contributed by atoms with Crippen LogP contribution in [0, 0.1) is 0 Å². The van der Waals surface area contributed by atoms with Crippen LogP contribution < -0.4 is 4.74 Å². The quantitative estimate of drug-likeness (QED) is 0.383. The van der Waals surface area contributed by atoms with Crippen molar-refractivity contribution in [2.45, 2.75) is 12.5 Å². The number of methoxy groups -OCH3 is 1. The van der Waals surface area contributed by atoms with Crippen molar-refractivity contribution in [2.24, 2.45) is 0 Å². The van der Waals surface area contributed by atoms with Gasteiger partial charge in [0.1, 0.15) is 11.4 Å². The minimum Gasteiger partial charge on any atom is -0.497 e. The average molecular weight is 488 g/mol. The van der Waals surface area contributed by atoms with Crippen molar-refractivity contribution >= 4 is 21.8 Å². The van der Waals surface area contributed by atoms with Crippen molar-refractivity contribution in [1.82, 2.24) is 15.1 Å². The van der Waals surface area contributed by atoms with Gasteiger partial charge in [-0.2, -0.15) is 5.10 Å². The van der Waals surface area contributed by atoms with Gasteiger partial charge in [0.2, 0.25) is 0 Å². The molecule has 0 radical (unpaired) electrons. The number of amides is 1. The summed E-state index contributed by atoms with van der Waals surface area (Å²) in [6, 6.07) is 25.9. The van der Waals surface area contributed by atoms with Crippen LogP contribution in [0.5, 0.6) is 5.75 Å². The second-order valence-electron chi connectivity index (χ2n) is 7.78. The van der Waals surface area contributed by atoms with E-state index in [4.69, 9.17) is 4.74 Å². The molecule has 0 bridgehead atoms. The first-order chi connectivity index (χ1) is 15.7. The summed E-state index contributed by atoms with van der Waals surface area (Å²) < 4.78 is 6.24. The summed E-state index contributed by atoms with van der Waals surface area (Å²) in [7, 11) is 1.66. The topological polar surface area (TPSA) is 58.2 Å². The van der Waals surface area contributed by atoms with E-state index in [-0.39, 0.29) is 11.9 Å². The Labute approximate surface area is 195 Å². The number of benzene rings is 3. The normalized spacial score (nSPS) is 15.1. The van der Waals surface area contributed by atoms with Crippen LogP contribution in [0.25, 0.3) is 11.3 Å². The van der Waals surface area contributed by atoms with Gasteiger partial charge >= 0.3 is 0 Å². The van der Waals surface area contributed by atoms with Gasteiger partial charge in [0, 0.05) is 22.1 Å². The zero-order valence-corrected chi connectivity index (χ0v) is 19.2. The summed E-state index contributed by atoms with van der Waals surface area (Å²) >= 11 is 3.59. The van der Waals surface area contributed by atoms with E-state index >= 15 is 0 Å². The van der Waals surface area contributed by atoms with Gasteiger partial charge in [-0.3, -0.25) is 9.89 Å². The Kier molecular flexibility index (Phi) is 5.53. The summed E-state index contributed by atoms with van der Waals surface area (Å²) in [5.74, 6) is 0.805. The van der Waals surface area contributed by atoms with Gasteiger partial charge in [0.25, 0.3) is 5.91 Å². The standard InChI is InChI=1S/C26H22BrN3O2/c1-32-21-12-10-17(11-13-21)14-15-30-25(19-8-5-9-20(27)16-19)22-23(18-6-3-2-4-7-18)28-29-24(22)26(30)31/h2-13,16,25H,14-15H2,1H3,(H,28,29). The smallest absolute Gasteiger partial charge is 0.273 e. The van der Waals surface area contributed by atoms with E-state index in [1.165, 1.54) is 0 Å². The van der Waals surface area contributed by atoms with Gasteiger partial charge in [0.05, 0.1) is 18.8 Å². The highest BCUT2D eigenvalue weighted by Crippen LogP contribution is 2.43. The number of hydrogen-bond acceptors (Lipinski definition) is 3. The van der Waals surface area contributed by atoms with Crippen molar-refractivity contribution in [3.8, 4) is 17.0 Å². The van der Waals surface area contributed by atoms with E-state index in [0.29, 0.717) is 12.2 Å². The zero-order chi connectivity index (χ0) is 22.1. The van der Waals surface area contributed by atoms with Gasteiger partial charge in [-0.1, -0.05) is 70.5 Å². The first-order valence-electron chi connectivity index (χ1n) is 10.5. The van der Waals surface area contributed by atoms with Crippen LogP contribution in [0.15, 0.2) is 83.3 Å². The fourth-order valence-electron chi connectivity index (χ4n) is 4.31. The number of halogens is 1. The maximum Gasteiger partial charge on any atom is 0.273 e. The third kappa shape index (κ3) is 3.71. The number of rotatable bonds is 6. The maximum absolute atomic E-state index is 13.5. The Bertz CT molecular complexity index is 1250. The largest absolute Gasteiger partial charge is 0.497 e. The Morgan fingerprint density at radius 1 is 1.03 bits per heavy atom. The Morgan fingerprint density at radius 3 is 2.53 bits per heavy atom. The molecule has 0 aliphatic carbocycles. The zero-order valence-electron chi connectivity index (χ0n) is 17.6. The van der Waals surface area contributed by atoms with Crippen LogP contribution in [0.2, 0.25) is 0 Å². The number of aromatic amines is 1. The molecule has 4 aromatic rings. The van der Waals surface area contributed by atoms with Crippen molar-refractivity contribution in [2.75, 3.05) is 13.7 Å². The fourth-order valence-corrected chi connectivity index (χ4v) is 4.73.